The number of ether oxygens (including phenoxy) is 6. The molecule has 1 saturated carbocycles. The molecule has 6 aromatic carbocycles. The first-order valence-corrected chi connectivity index (χ1v) is 25.1. The standard InChI is InChI=1S/C60H64N4O14/c1-57(2,3)77-55(71)61-43-25-19-39(20-26-43)51(65)63-59(53(67)68)49(41-23-29-45(47(35-41)73-7)75-33-31-37-15-11-9-12-16-37)60(54(69)70,64-52(66)40-21-27-44(28-22-40)62-56(72)78-58(4,5)6)50(59)42-24-30-46(48(36-42)74-8)76-34-32-38-17-13-10-14-18-38/h9-30,35-36,49-50H,31-34H2,1-8H3,(H,61,71)(H,62,72)(H,63,65)(H,64,66)(H,67,68)(H,69,70). The van der Waals surface area contributed by atoms with Crippen molar-refractivity contribution in [1.29, 1.82) is 0 Å². The molecule has 408 valence electrons. The fourth-order valence-electron chi connectivity index (χ4n) is 9.48. The fourth-order valence-corrected chi connectivity index (χ4v) is 9.48. The summed E-state index contributed by atoms with van der Waals surface area (Å²) < 4.78 is 34.7. The number of carbonyl (C=O) groups excluding carboxylic acids is 4. The normalized spacial score (nSPS) is 17.7. The van der Waals surface area contributed by atoms with E-state index < -0.39 is 70.1 Å². The van der Waals surface area contributed by atoms with E-state index in [2.05, 4.69) is 21.3 Å². The smallest absolute Gasteiger partial charge is 0.412 e. The van der Waals surface area contributed by atoms with Gasteiger partial charge in [0.05, 0.1) is 39.3 Å². The summed E-state index contributed by atoms with van der Waals surface area (Å²) in [4.78, 5) is 84.2. The third-order valence-electron chi connectivity index (χ3n) is 12.8. The van der Waals surface area contributed by atoms with Crippen LogP contribution in [-0.2, 0) is 31.9 Å². The van der Waals surface area contributed by atoms with Crippen LogP contribution in [0.3, 0.4) is 0 Å². The lowest BCUT2D eigenvalue weighted by atomic mass is 9.43. The Labute approximate surface area is 452 Å². The highest BCUT2D eigenvalue weighted by molar-refractivity contribution is 6.06. The Balaban J connectivity index is 1.36. The summed E-state index contributed by atoms with van der Waals surface area (Å²) in [5.74, 6) is -8.21. The number of methoxy groups -OCH3 is 2. The second kappa shape index (κ2) is 23.9. The summed E-state index contributed by atoms with van der Waals surface area (Å²) in [6.45, 7) is 10.6. The van der Waals surface area contributed by atoms with Gasteiger partial charge in [0, 0.05) is 35.3 Å². The molecule has 7 rings (SSSR count). The van der Waals surface area contributed by atoms with Crippen molar-refractivity contribution in [2.45, 2.75) is 88.5 Å². The minimum atomic E-state index is -2.61. The molecular weight excluding hydrogens is 1000 g/mol. The highest BCUT2D eigenvalue weighted by atomic mass is 16.6. The molecule has 1 aliphatic carbocycles. The number of nitrogens with one attached hydrogen (secondary N) is 4. The minimum absolute atomic E-state index is 0.0190. The quantitative estimate of drug-likeness (QED) is 0.0417. The summed E-state index contributed by atoms with van der Waals surface area (Å²) in [6.07, 6.45) is -0.462. The van der Waals surface area contributed by atoms with E-state index in [-0.39, 0.29) is 69.8 Å². The Kier molecular flexibility index (Phi) is 17.3. The zero-order chi connectivity index (χ0) is 56.4. The Bertz CT molecular complexity index is 2900. The summed E-state index contributed by atoms with van der Waals surface area (Å²) in [7, 11) is 2.73. The van der Waals surface area contributed by atoms with Crippen molar-refractivity contribution in [2.24, 2.45) is 0 Å². The number of benzene rings is 6. The van der Waals surface area contributed by atoms with Crippen LogP contribution in [0.4, 0.5) is 21.0 Å². The summed E-state index contributed by atoms with van der Waals surface area (Å²) in [5.41, 5.74) is -4.42. The van der Waals surface area contributed by atoms with Crippen LogP contribution in [0.25, 0.3) is 0 Å². The van der Waals surface area contributed by atoms with Gasteiger partial charge in [-0.05, 0) is 137 Å². The third-order valence-corrected chi connectivity index (χ3v) is 12.8. The molecule has 0 bridgehead atoms. The van der Waals surface area contributed by atoms with Crippen LogP contribution in [0.15, 0.2) is 146 Å². The largest absolute Gasteiger partial charge is 0.493 e. The van der Waals surface area contributed by atoms with E-state index in [4.69, 9.17) is 28.4 Å². The van der Waals surface area contributed by atoms with Crippen LogP contribution in [0.1, 0.15) is 96.3 Å². The molecule has 0 atom stereocenters. The molecular formula is C60H64N4O14. The topological polar surface area (TPSA) is 246 Å². The minimum Gasteiger partial charge on any atom is -0.493 e. The van der Waals surface area contributed by atoms with Crippen LogP contribution in [0.2, 0.25) is 0 Å². The predicted octanol–water partition coefficient (Wildman–Crippen LogP) is 10.0. The molecule has 0 radical (unpaired) electrons. The van der Waals surface area contributed by atoms with E-state index in [9.17, 15) is 39.0 Å². The maximum Gasteiger partial charge on any atom is 0.412 e. The van der Waals surface area contributed by atoms with Gasteiger partial charge in [0.2, 0.25) is 0 Å². The first kappa shape index (κ1) is 56.7. The van der Waals surface area contributed by atoms with Gasteiger partial charge >= 0.3 is 24.1 Å². The number of aliphatic carboxylic acids is 2. The van der Waals surface area contributed by atoms with E-state index in [0.29, 0.717) is 12.8 Å². The molecule has 4 amide bonds. The number of anilines is 2. The van der Waals surface area contributed by atoms with Gasteiger partial charge in [-0.2, -0.15) is 0 Å². The number of carboxylic acid groups (broad SMARTS) is 2. The summed E-state index contributed by atoms with van der Waals surface area (Å²) >= 11 is 0. The zero-order valence-electron chi connectivity index (χ0n) is 44.6. The van der Waals surface area contributed by atoms with Crippen molar-refractivity contribution in [3.05, 3.63) is 179 Å². The maximum atomic E-state index is 14.8. The average molecular weight is 1070 g/mol. The molecule has 18 heteroatoms. The molecule has 6 aromatic rings. The van der Waals surface area contributed by atoms with Crippen molar-refractivity contribution in [3.63, 3.8) is 0 Å². The number of amides is 4. The number of rotatable bonds is 20. The molecule has 1 aliphatic rings. The van der Waals surface area contributed by atoms with E-state index >= 15 is 0 Å². The SMILES string of the molecule is COc1cc(C2C(NC(=O)c3ccc(NC(=O)OC(C)(C)C)cc3)(C(=O)O)C(c3ccc(OCCc4ccccc4)c(OC)c3)C2(NC(=O)c2ccc(NC(=O)OC(C)(C)C)cc2)C(=O)O)ccc1OCCc1ccccc1. The second-order valence-electron chi connectivity index (χ2n) is 20.5. The molecule has 1 fully saturated rings. The van der Waals surface area contributed by atoms with Crippen LogP contribution in [-0.4, -0.2) is 95.9 Å². The van der Waals surface area contributed by atoms with Gasteiger partial charge in [0.15, 0.2) is 34.1 Å². The van der Waals surface area contributed by atoms with Crippen LogP contribution in [0.5, 0.6) is 23.0 Å². The molecule has 0 saturated heterocycles. The van der Waals surface area contributed by atoms with Crippen molar-refractivity contribution >= 4 is 47.3 Å². The molecule has 0 spiro atoms. The number of hydrogen-bond acceptors (Lipinski definition) is 12. The highest BCUT2D eigenvalue weighted by Crippen LogP contribution is 2.64. The van der Waals surface area contributed by atoms with Gasteiger partial charge in [0.25, 0.3) is 11.8 Å². The molecule has 18 nitrogen and oxygen atoms in total. The van der Waals surface area contributed by atoms with Crippen molar-refractivity contribution in [1.82, 2.24) is 10.6 Å². The van der Waals surface area contributed by atoms with Crippen LogP contribution in [0, 0.1) is 0 Å². The molecule has 0 unspecified atom stereocenters. The highest BCUT2D eigenvalue weighted by Gasteiger charge is 2.80. The van der Waals surface area contributed by atoms with E-state index in [1.807, 2.05) is 60.7 Å². The maximum absolute atomic E-state index is 14.8. The first-order valence-electron chi connectivity index (χ1n) is 25.1. The van der Waals surface area contributed by atoms with Crippen LogP contribution >= 0.6 is 0 Å². The molecule has 0 aromatic heterocycles. The molecule has 0 heterocycles. The fraction of sp³-hybridized carbons (Fsp3) is 0.300. The van der Waals surface area contributed by atoms with Crippen molar-refractivity contribution in [2.75, 3.05) is 38.1 Å². The van der Waals surface area contributed by atoms with Gasteiger partial charge in [-0.3, -0.25) is 20.2 Å². The van der Waals surface area contributed by atoms with Gasteiger partial charge in [-0.25, -0.2) is 19.2 Å². The number of carboxylic acids is 2. The lowest BCUT2D eigenvalue weighted by Gasteiger charge is -2.64. The Morgan fingerprint density at radius 1 is 0.474 bits per heavy atom. The van der Waals surface area contributed by atoms with Crippen molar-refractivity contribution < 1.29 is 67.4 Å². The lowest BCUT2D eigenvalue weighted by molar-refractivity contribution is -0.171. The predicted molar refractivity (Wildman–Crippen MR) is 291 cm³/mol. The zero-order valence-corrected chi connectivity index (χ0v) is 44.6. The lowest BCUT2D eigenvalue weighted by Crippen LogP contribution is -2.86. The molecule has 78 heavy (non-hydrogen) atoms. The summed E-state index contributed by atoms with van der Waals surface area (Å²) in [5, 5.41) is 34.5. The van der Waals surface area contributed by atoms with Crippen molar-refractivity contribution in [3.8, 4) is 23.0 Å². The molecule has 6 N–H and O–H groups in total. The van der Waals surface area contributed by atoms with Gasteiger partial charge < -0.3 is 49.3 Å². The van der Waals surface area contributed by atoms with E-state index in [0.717, 1.165) is 11.1 Å². The number of hydrogen-bond donors (Lipinski definition) is 6. The van der Waals surface area contributed by atoms with Gasteiger partial charge in [-0.15, -0.1) is 0 Å². The Hall–Kier alpha value is -9.06. The average Bonchev–Trinajstić information content (AvgIpc) is 3.53. The van der Waals surface area contributed by atoms with Crippen LogP contribution < -0.4 is 40.2 Å². The third kappa shape index (κ3) is 13.1. The number of carbonyl (C=O) groups is 6. The van der Waals surface area contributed by atoms with E-state index in [1.54, 1.807) is 41.5 Å². The monoisotopic (exact) mass is 1060 g/mol. The second-order valence-corrected chi connectivity index (χ2v) is 20.5. The summed E-state index contributed by atoms with van der Waals surface area (Å²) in [6, 6.07) is 39.1. The first-order chi connectivity index (χ1) is 37.1. The van der Waals surface area contributed by atoms with Gasteiger partial charge in [0.1, 0.15) is 11.2 Å². The Morgan fingerprint density at radius 2 is 0.821 bits per heavy atom. The van der Waals surface area contributed by atoms with Gasteiger partial charge in [-0.1, -0.05) is 72.8 Å². The molecule has 0 aliphatic heterocycles. The van der Waals surface area contributed by atoms with E-state index in [1.165, 1.54) is 99.1 Å². The Morgan fingerprint density at radius 3 is 1.13 bits per heavy atom.